The van der Waals surface area contributed by atoms with Gasteiger partial charge in [-0.3, -0.25) is 4.79 Å². The molecule has 12 heavy (non-hydrogen) atoms. The van der Waals surface area contributed by atoms with Crippen LogP contribution >= 0.6 is 0 Å². The van der Waals surface area contributed by atoms with Crippen LogP contribution in [0.25, 0.3) is 0 Å². The second-order valence-electron chi connectivity index (χ2n) is 3.40. The van der Waals surface area contributed by atoms with Crippen LogP contribution in [-0.4, -0.2) is 12.4 Å². The molecule has 2 rings (SSSR count). The molecule has 0 amide bonds. The lowest BCUT2D eigenvalue weighted by Gasteiger charge is -2.05. The molecule has 2 radical (unpaired) electrons. The van der Waals surface area contributed by atoms with Crippen LogP contribution in [0.1, 0.15) is 24.4 Å². The van der Waals surface area contributed by atoms with Crippen molar-refractivity contribution in [2.75, 3.05) is 0 Å². The minimum absolute atomic E-state index is 0.103. The number of nitrogens with zero attached hydrogens (tertiary/aromatic N) is 1. The molecule has 0 unspecified atom stereocenters. The van der Waals surface area contributed by atoms with E-state index in [1.807, 2.05) is 0 Å². The molecule has 0 saturated heterocycles. The molecule has 1 aliphatic rings. The second-order valence-corrected chi connectivity index (χ2v) is 3.40. The average Bonchev–Trinajstić information content (AvgIpc) is 2.79. The summed E-state index contributed by atoms with van der Waals surface area (Å²) in [5, 5.41) is 0. The molecule has 0 N–H and O–H groups in total. The Morgan fingerprint density at radius 1 is 1.58 bits per heavy atom. The Labute approximate surface area is 72.6 Å². The number of pyridine rings is 1. The van der Waals surface area contributed by atoms with Crippen LogP contribution < -0.4 is 11.0 Å². The standard InChI is InChI=1S/C9H10BNO/c1-6-4-7(10)5-11(9(6)12)8-2-3-8/h4-5,8H,2-3H2,1H3. The highest BCUT2D eigenvalue weighted by molar-refractivity contribution is 6.32. The summed E-state index contributed by atoms with van der Waals surface area (Å²) in [7, 11) is 5.63. The van der Waals surface area contributed by atoms with Crippen molar-refractivity contribution >= 4 is 13.3 Å². The van der Waals surface area contributed by atoms with Crippen LogP contribution in [-0.2, 0) is 0 Å². The van der Waals surface area contributed by atoms with Crippen molar-refractivity contribution in [3.8, 4) is 0 Å². The van der Waals surface area contributed by atoms with E-state index in [0.717, 1.165) is 18.4 Å². The highest BCUT2D eigenvalue weighted by Crippen LogP contribution is 2.32. The van der Waals surface area contributed by atoms with Gasteiger partial charge in [-0.2, -0.15) is 0 Å². The van der Waals surface area contributed by atoms with Gasteiger partial charge in [0.2, 0.25) is 0 Å². The zero-order valence-electron chi connectivity index (χ0n) is 7.08. The van der Waals surface area contributed by atoms with Gasteiger partial charge in [0.1, 0.15) is 7.85 Å². The summed E-state index contributed by atoms with van der Waals surface area (Å²) in [5.41, 5.74) is 1.52. The Balaban J connectivity index is 2.58. The number of aromatic nitrogens is 1. The third kappa shape index (κ3) is 1.19. The molecule has 1 aliphatic carbocycles. The second kappa shape index (κ2) is 2.51. The molecule has 0 bridgehead atoms. The third-order valence-corrected chi connectivity index (χ3v) is 2.18. The van der Waals surface area contributed by atoms with E-state index in [4.69, 9.17) is 7.85 Å². The summed E-state index contributed by atoms with van der Waals surface area (Å²) in [6.07, 6.45) is 3.97. The maximum absolute atomic E-state index is 11.5. The maximum atomic E-state index is 11.5. The lowest BCUT2D eigenvalue weighted by molar-refractivity contribution is 0.705. The first-order chi connectivity index (χ1) is 5.68. The van der Waals surface area contributed by atoms with Gasteiger partial charge in [0.25, 0.3) is 5.56 Å². The number of rotatable bonds is 1. The van der Waals surface area contributed by atoms with Gasteiger partial charge in [0.15, 0.2) is 0 Å². The monoisotopic (exact) mass is 159 g/mol. The Hall–Kier alpha value is -0.985. The first-order valence-corrected chi connectivity index (χ1v) is 4.17. The van der Waals surface area contributed by atoms with Crippen molar-refractivity contribution in [1.29, 1.82) is 0 Å². The highest BCUT2D eigenvalue weighted by atomic mass is 16.1. The summed E-state index contributed by atoms with van der Waals surface area (Å²) < 4.78 is 1.75. The molecule has 1 aromatic heterocycles. The Kier molecular flexibility index (Phi) is 1.60. The van der Waals surface area contributed by atoms with Gasteiger partial charge >= 0.3 is 0 Å². The Bertz CT molecular complexity index is 365. The zero-order valence-corrected chi connectivity index (χ0v) is 7.08. The Morgan fingerprint density at radius 3 is 2.83 bits per heavy atom. The summed E-state index contributed by atoms with van der Waals surface area (Å²) in [4.78, 5) is 11.5. The lowest BCUT2D eigenvalue weighted by Crippen LogP contribution is -2.25. The first kappa shape index (κ1) is 7.65. The van der Waals surface area contributed by atoms with Crippen molar-refractivity contribution in [2.45, 2.75) is 25.8 Å². The first-order valence-electron chi connectivity index (χ1n) is 4.17. The van der Waals surface area contributed by atoms with Gasteiger partial charge in [-0.25, -0.2) is 0 Å². The SMILES string of the molecule is [B]c1cc(C)c(=O)n(C2CC2)c1. The van der Waals surface area contributed by atoms with Crippen LogP contribution in [0, 0.1) is 6.92 Å². The van der Waals surface area contributed by atoms with Crippen LogP contribution in [0.3, 0.4) is 0 Å². The minimum Gasteiger partial charge on any atom is -0.313 e. The van der Waals surface area contributed by atoms with Crippen molar-refractivity contribution in [2.24, 2.45) is 0 Å². The lowest BCUT2D eigenvalue weighted by atomic mass is 9.97. The minimum atomic E-state index is 0.103. The van der Waals surface area contributed by atoms with Gasteiger partial charge in [0.05, 0.1) is 0 Å². The van der Waals surface area contributed by atoms with Crippen molar-refractivity contribution in [1.82, 2.24) is 4.57 Å². The van der Waals surface area contributed by atoms with Gasteiger partial charge in [-0.1, -0.05) is 11.5 Å². The van der Waals surface area contributed by atoms with E-state index in [2.05, 4.69) is 0 Å². The van der Waals surface area contributed by atoms with Crippen molar-refractivity contribution < 1.29 is 0 Å². The fourth-order valence-corrected chi connectivity index (χ4v) is 1.40. The van der Waals surface area contributed by atoms with E-state index in [9.17, 15) is 4.79 Å². The molecular formula is C9H10BNO. The quantitative estimate of drug-likeness (QED) is 0.539. The van der Waals surface area contributed by atoms with Gasteiger partial charge in [-0.05, 0) is 19.8 Å². The largest absolute Gasteiger partial charge is 0.313 e. The number of hydrogen-bond donors (Lipinski definition) is 0. The van der Waals surface area contributed by atoms with Crippen LogP contribution in [0.2, 0.25) is 0 Å². The molecule has 0 spiro atoms. The summed E-state index contributed by atoms with van der Waals surface area (Å²) in [5.74, 6) is 0. The normalized spacial score (nSPS) is 16.4. The fraction of sp³-hybridized carbons (Fsp3) is 0.444. The predicted molar refractivity (Wildman–Crippen MR) is 49.1 cm³/mol. The van der Waals surface area contributed by atoms with Gasteiger partial charge in [-0.15, -0.1) is 0 Å². The Morgan fingerprint density at radius 2 is 2.25 bits per heavy atom. The molecule has 2 nitrogen and oxygen atoms in total. The number of aryl methyl sites for hydroxylation is 1. The van der Waals surface area contributed by atoms with Crippen LogP contribution in [0.4, 0.5) is 0 Å². The maximum Gasteiger partial charge on any atom is 0.253 e. The summed E-state index contributed by atoms with van der Waals surface area (Å²) >= 11 is 0. The molecule has 1 heterocycles. The number of hydrogen-bond acceptors (Lipinski definition) is 1. The van der Waals surface area contributed by atoms with E-state index in [1.165, 1.54) is 0 Å². The average molecular weight is 159 g/mol. The van der Waals surface area contributed by atoms with Gasteiger partial charge < -0.3 is 4.57 Å². The highest BCUT2D eigenvalue weighted by Gasteiger charge is 2.24. The summed E-state index contributed by atoms with van der Waals surface area (Å²) in [6.45, 7) is 1.80. The molecule has 0 atom stereocenters. The van der Waals surface area contributed by atoms with E-state index in [0.29, 0.717) is 11.5 Å². The molecule has 3 heteroatoms. The van der Waals surface area contributed by atoms with Gasteiger partial charge in [0, 0.05) is 17.8 Å². The fourth-order valence-electron chi connectivity index (χ4n) is 1.40. The van der Waals surface area contributed by atoms with E-state index in [-0.39, 0.29) is 5.56 Å². The topological polar surface area (TPSA) is 22.0 Å². The predicted octanol–water partition coefficient (Wildman–Crippen LogP) is 0.285. The molecular weight excluding hydrogens is 149 g/mol. The molecule has 60 valence electrons. The molecule has 1 aromatic rings. The zero-order chi connectivity index (χ0) is 8.72. The van der Waals surface area contributed by atoms with E-state index < -0.39 is 0 Å². The van der Waals surface area contributed by atoms with Crippen molar-refractivity contribution in [3.63, 3.8) is 0 Å². The summed E-state index contributed by atoms with van der Waals surface area (Å²) in [6, 6.07) is 2.14. The molecule has 0 aliphatic heterocycles. The van der Waals surface area contributed by atoms with E-state index in [1.54, 1.807) is 23.8 Å². The molecule has 1 fully saturated rings. The third-order valence-electron chi connectivity index (χ3n) is 2.18. The molecule has 1 saturated carbocycles. The smallest absolute Gasteiger partial charge is 0.253 e. The molecule has 0 aromatic carbocycles. The van der Waals surface area contributed by atoms with E-state index >= 15 is 0 Å². The van der Waals surface area contributed by atoms with Crippen LogP contribution in [0.15, 0.2) is 17.1 Å². The van der Waals surface area contributed by atoms with Crippen LogP contribution in [0.5, 0.6) is 0 Å². The van der Waals surface area contributed by atoms with Crippen molar-refractivity contribution in [3.05, 3.63) is 28.2 Å².